The number of aromatic nitrogens is 5. The standard InChI is InChI=1S/C25H23F3N6O2/c1-36-9-8-34-16-18(12-32-34)10-23-29-13-20(14-30-23)19-4-2-17(3-5-19)11-24(35)33-22-7-6-21(15-31-22)25(26,27)28/h2-7,12-16H,8-11H2,1H3,(H,31,33,35). The predicted octanol–water partition coefficient (Wildman–Crippen LogP) is 4.17. The van der Waals surface area contributed by atoms with E-state index < -0.39 is 11.7 Å². The van der Waals surface area contributed by atoms with E-state index in [1.165, 1.54) is 0 Å². The Morgan fingerprint density at radius 3 is 2.33 bits per heavy atom. The van der Waals surface area contributed by atoms with Crippen molar-refractivity contribution in [2.24, 2.45) is 0 Å². The summed E-state index contributed by atoms with van der Waals surface area (Å²) in [5, 5.41) is 6.79. The van der Waals surface area contributed by atoms with Crippen LogP contribution in [-0.4, -0.2) is 44.4 Å². The van der Waals surface area contributed by atoms with Crippen LogP contribution in [0, 0.1) is 0 Å². The van der Waals surface area contributed by atoms with Crippen molar-refractivity contribution in [3.8, 4) is 11.1 Å². The molecule has 0 radical (unpaired) electrons. The lowest BCUT2D eigenvalue weighted by atomic mass is 10.0. The Labute approximate surface area is 205 Å². The average Bonchev–Trinajstić information content (AvgIpc) is 3.30. The molecule has 0 spiro atoms. The van der Waals surface area contributed by atoms with Crippen molar-refractivity contribution in [2.75, 3.05) is 19.0 Å². The molecule has 3 heterocycles. The number of amides is 1. The van der Waals surface area contributed by atoms with Gasteiger partial charge in [0.05, 0.1) is 31.3 Å². The highest BCUT2D eigenvalue weighted by Gasteiger charge is 2.30. The lowest BCUT2D eigenvalue weighted by Crippen LogP contribution is -2.15. The van der Waals surface area contributed by atoms with Gasteiger partial charge in [0.15, 0.2) is 0 Å². The van der Waals surface area contributed by atoms with E-state index in [9.17, 15) is 18.0 Å². The summed E-state index contributed by atoms with van der Waals surface area (Å²) < 4.78 is 44.7. The number of halogens is 3. The molecule has 0 atom stereocenters. The zero-order chi connectivity index (χ0) is 25.5. The summed E-state index contributed by atoms with van der Waals surface area (Å²) in [4.78, 5) is 24.8. The number of methoxy groups -OCH3 is 1. The topological polar surface area (TPSA) is 94.8 Å². The number of alkyl halides is 3. The first kappa shape index (κ1) is 25.0. The molecule has 0 saturated heterocycles. The van der Waals surface area contributed by atoms with Crippen LogP contribution in [-0.2, 0) is 35.1 Å². The summed E-state index contributed by atoms with van der Waals surface area (Å²) in [5.74, 6) is 0.354. The first-order valence-corrected chi connectivity index (χ1v) is 11.0. The number of rotatable bonds is 9. The second kappa shape index (κ2) is 11.1. The van der Waals surface area contributed by atoms with Crippen molar-refractivity contribution >= 4 is 11.7 Å². The highest BCUT2D eigenvalue weighted by atomic mass is 19.4. The first-order chi connectivity index (χ1) is 17.3. The summed E-state index contributed by atoms with van der Waals surface area (Å²) in [5.41, 5.74) is 2.60. The van der Waals surface area contributed by atoms with Crippen molar-refractivity contribution in [1.29, 1.82) is 0 Å². The molecule has 0 bridgehead atoms. The predicted molar refractivity (Wildman–Crippen MR) is 126 cm³/mol. The van der Waals surface area contributed by atoms with Crippen LogP contribution >= 0.6 is 0 Å². The Morgan fingerprint density at radius 2 is 1.69 bits per heavy atom. The van der Waals surface area contributed by atoms with Gasteiger partial charge in [-0.1, -0.05) is 24.3 Å². The number of hydrogen-bond acceptors (Lipinski definition) is 6. The van der Waals surface area contributed by atoms with Crippen LogP contribution in [0.3, 0.4) is 0 Å². The van der Waals surface area contributed by atoms with Crippen LogP contribution in [0.15, 0.2) is 67.4 Å². The van der Waals surface area contributed by atoms with Crippen LogP contribution in [0.1, 0.15) is 22.5 Å². The van der Waals surface area contributed by atoms with E-state index >= 15 is 0 Å². The maximum Gasteiger partial charge on any atom is 0.417 e. The second-order valence-electron chi connectivity index (χ2n) is 8.02. The van der Waals surface area contributed by atoms with Crippen LogP contribution in [0.25, 0.3) is 11.1 Å². The maximum absolute atomic E-state index is 12.6. The van der Waals surface area contributed by atoms with E-state index in [2.05, 4.69) is 25.4 Å². The average molecular weight is 496 g/mol. The first-order valence-electron chi connectivity index (χ1n) is 11.0. The fraction of sp³-hybridized carbons (Fsp3) is 0.240. The number of ether oxygens (including phenoxy) is 1. The van der Waals surface area contributed by atoms with Gasteiger partial charge in [0.25, 0.3) is 0 Å². The van der Waals surface area contributed by atoms with E-state index in [1.54, 1.807) is 37.8 Å². The molecule has 4 aromatic rings. The molecule has 36 heavy (non-hydrogen) atoms. The Morgan fingerprint density at radius 1 is 0.944 bits per heavy atom. The quantitative estimate of drug-likeness (QED) is 0.374. The lowest BCUT2D eigenvalue weighted by Gasteiger charge is -2.08. The molecule has 0 fully saturated rings. The van der Waals surface area contributed by atoms with Crippen LogP contribution in [0.2, 0.25) is 0 Å². The lowest BCUT2D eigenvalue weighted by molar-refractivity contribution is -0.137. The van der Waals surface area contributed by atoms with E-state index in [1.807, 2.05) is 23.0 Å². The third-order valence-corrected chi connectivity index (χ3v) is 5.29. The number of nitrogens with one attached hydrogen (secondary N) is 1. The third kappa shape index (κ3) is 6.72. The molecular weight excluding hydrogens is 473 g/mol. The minimum atomic E-state index is -4.48. The van der Waals surface area contributed by atoms with E-state index in [0.717, 1.165) is 34.4 Å². The van der Waals surface area contributed by atoms with Gasteiger partial charge in [-0.2, -0.15) is 18.3 Å². The minimum Gasteiger partial charge on any atom is -0.383 e. The van der Waals surface area contributed by atoms with Crippen molar-refractivity contribution in [1.82, 2.24) is 24.7 Å². The zero-order valence-corrected chi connectivity index (χ0v) is 19.4. The number of carbonyl (C=O) groups excluding carboxylic acids is 1. The molecule has 8 nitrogen and oxygen atoms in total. The number of carbonyl (C=O) groups is 1. The number of benzene rings is 1. The van der Waals surface area contributed by atoms with Crippen molar-refractivity contribution < 1.29 is 22.7 Å². The highest BCUT2D eigenvalue weighted by molar-refractivity contribution is 5.91. The molecule has 1 amide bonds. The number of nitrogens with zero attached hydrogens (tertiary/aromatic N) is 5. The molecule has 4 rings (SSSR count). The molecule has 0 aliphatic rings. The molecule has 0 unspecified atom stereocenters. The molecule has 0 aliphatic heterocycles. The Balaban J connectivity index is 1.31. The third-order valence-electron chi connectivity index (χ3n) is 5.29. The van der Waals surface area contributed by atoms with Crippen molar-refractivity contribution in [2.45, 2.75) is 25.6 Å². The molecule has 1 aromatic carbocycles. The molecule has 1 N–H and O–H groups in total. The van der Waals surface area contributed by atoms with Gasteiger partial charge in [-0.15, -0.1) is 0 Å². The molecule has 3 aromatic heterocycles. The number of anilines is 1. The molecule has 186 valence electrons. The fourth-order valence-electron chi connectivity index (χ4n) is 3.41. The normalized spacial score (nSPS) is 11.4. The van der Waals surface area contributed by atoms with E-state index in [4.69, 9.17) is 4.74 Å². The number of hydrogen-bond donors (Lipinski definition) is 1. The Hall–Kier alpha value is -4.12. The van der Waals surface area contributed by atoms with Crippen molar-refractivity contribution in [3.63, 3.8) is 0 Å². The van der Waals surface area contributed by atoms with E-state index in [0.29, 0.717) is 31.6 Å². The summed E-state index contributed by atoms with van der Waals surface area (Å²) >= 11 is 0. The molecule has 0 aliphatic carbocycles. The van der Waals surface area contributed by atoms with Gasteiger partial charge in [0.2, 0.25) is 5.91 Å². The number of pyridine rings is 1. The van der Waals surface area contributed by atoms with Gasteiger partial charge < -0.3 is 10.1 Å². The largest absolute Gasteiger partial charge is 0.417 e. The molecule has 0 saturated carbocycles. The van der Waals surface area contributed by atoms with E-state index in [-0.39, 0.29) is 18.1 Å². The minimum absolute atomic E-state index is 0.0521. The molecular formula is C25H23F3N6O2. The monoisotopic (exact) mass is 496 g/mol. The fourth-order valence-corrected chi connectivity index (χ4v) is 3.41. The Kier molecular flexibility index (Phi) is 7.69. The van der Waals surface area contributed by atoms with Gasteiger partial charge in [0.1, 0.15) is 11.6 Å². The molecule has 11 heteroatoms. The van der Waals surface area contributed by atoms with Crippen LogP contribution < -0.4 is 5.32 Å². The van der Waals surface area contributed by atoms with Gasteiger partial charge in [-0.3, -0.25) is 9.48 Å². The van der Waals surface area contributed by atoms with Crippen LogP contribution in [0.4, 0.5) is 19.0 Å². The summed E-state index contributed by atoms with van der Waals surface area (Å²) in [6.45, 7) is 1.27. The summed E-state index contributed by atoms with van der Waals surface area (Å²) in [6.07, 6.45) is 4.05. The SMILES string of the molecule is COCCn1cc(Cc2ncc(-c3ccc(CC(=O)Nc4ccc(C(F)(F)F)cn4)cc3)cn2)cn1. The van der Waals surface area contributed by atoms with Crippen LogP contribution in [0.5, 0.6) is 0 Å². The smallest absolute Gasteiger partial charge is 0.383 e. The van der Waals surface area contributed by atoms with Crippen molar-refractivity contribution in [3.05, 3.63) is 89.9 Å². The Bertz CT molecular complexity index is 1290. The maximum atomic E-state index is 12.6. The highest BCUT2D eigenvalue weighted by Crippen LogP contribution is 2.28. The van der Waals surface area contributed by atoms with Gasteiger partial charge in [0, 0.05) is 43.9 Å². The van der Waals surface area contributed by atoms with Gasteiger partial charge in [-0.05, 0) is 28.8 Å². The van der Waals surface area contributed by atoms with Gasteiger partial charge >= 0.3 is 6.18 Å². The summed E-state index contributed by atoms with van der Waals surface area (Å²) in [7, 11) is 1.65. The zero-order valence-electron chi connectivity index (χ0n) is 19.4. The van der Waals surface area contributed by atoms with Gasteiger partial charge in [-0.25, -0.2) is 15.0 Å². The second-order valence-corrected chi connectivity index (χ2v) is 8.02. The summed E-state index contributed by atoms with van der Waals surface area (Å²) in [6, 6.07) is 9.32.